The van der Waals surface area contributed by atoms with Gasteiger partial charge in [-0.05, 0) is 23.6 Å². The molecule has 0 aliphatic rings. The van der Waals surface area contributed by atoms with Crippen LogP contribution in [0.4, 0.5) is 0 Å². The van der Waals surface area contributed by atoms with Gasteiger partial charge in [-0.1, -0.05) is 48.5 Å². The quantitative estimate of drug-likeness (QED) is 0.369. The van der Waals surface area contributed by atoms with Gasteiger partial charge in [0.2, 0.25) is 5.91 Å². The summed E-state index contributed by atoms with van der Waals surface area (Å²) in [5, 5.41) is 12.5. The molecule has 0 radical (unpaired) electrons. The van der Waals surface area contributed by atoms with Crippen molar-refractivity contribution < 1.29 is 24.2 Å². The van der Waals surface area contributed by atoms with Gasteiger partial charge >= 0.3 is 11.9 Å². The Morgan fingerprint density at radius 2 is 1.77 bits per heavy atom. The molecule has 0 unspecified atom stereocenters. The number of rotatable bonds is 10. The van der Waals surface area contributed by atoms with E-state index in [2.05, 4.69) is 10.3 Å². The van der Waals surface area contributed by atoms with Crippen LogP contribution in [-0.4, -0.2) is 40.0 Å². The molecule has 1 aromatic heterocycles. The molecule has 31 heavy (non-hydrogen) atoms. The summed E-state index contributed by atoms with van der Waals surface area (Å²) in [7, 11) is 0. The molecular weight excluding hydrogens is 398 g/mol. The number of carbonyl (C=O) groups excluding carboxylic acids is 2. The monoisotopic (exact) mass is 423 g/mol. The van der Waals surface area contributed by atoms with E-state index in [1.165, 1.54) is 0 Å². The van der Waals surface area contributed by atoms with Crippen LogP contribution in [0.15, 0.2) is 60.8 Å². The Morgan fingerprint density at radius 3 is 2.52 bits per heavy atom. The summed E-state index contributed by atoms with van der Waals surface area (Å²) in [4.78, 5) is 39.2. The Bertz CT molecular complexity index is 1050. The Hall–Kier alpha value is -3.65. The summed E-state index contributed by atoms with van der Waals surface area (Å²) in [6.07, 6.45) is 1.90. The zero-order valence-corrected chi connectivity index (χ0v) is 16.9. The van der Waals surface area contributed by atoms with Gasteiger partial charge in [0.05, 0.1) is 0 Å². The Morgan fingerprint density at radius 1 is 1.06 bits per heavy atom. The van der Waals surface area contributed by atoms with E-state index < -0.39 is 29.9 Å². The Balaban J connectivity index is 1.70. The van der Waals surface area contributed by atoms with E-state index in [1.54, 1.807) is 6.20 Å². The van der Waals surface area contributed by atoms with Crippen LogP contribution in [-0.2, 0) is 32.1 Å². The van der Waals surface area contributed by atoms with Crippen molar-refractivity contribution >= 4 is 28.7 Å². The molecule has 162 valence electrons. The van der Waals surface area contributed by atoms with Gasteiger partial charge in [0.25, 0.3) is 0 Å². The van der Waals surface area contributed by atoms with E-state index >= 15 is 0 Å². The van der Waals surface area contributed by atoms with Crippen molar-refractivity contribution in [2.45, 2.75) is 38.0 Å². The predicted octanol–water partition coefficient (Wildman–Crippen LogP) is 2.13. The molecule has 5 N–H and O–H groups in total. The zero-order valence-electron chi connectivity index (χ0n) is 16.9. The third kappa shape index (κ3) is 6.16. The number of hydrogen-bond acceptors (Lipinski definition) is 5. The molecule has 0 aliphatic carbocycles. The molecule has 3 rings (SSSR count). The van der Waals surface area contributed by atoms with Crippen molar-refractivity contribution in [2.24, 2.45) is 5.73 Å². The standard InChI is InChI=1S/C23H25N3O5/c24-18(22(28)29)10-11-21(27)26-20(23(30)31-14-15-6-2-1-3-7-15)12-16-13-25-19-9-5-4-8-17(16)19/h1-9,13,18,20,25H,10-12,14,24H2,(H,26,27)(H,28,29)/t18-,20-/m1/s1. The highest BCUT2D eigenvalue weighted by Gasteiger charge is 2.25. The van der Waals surface area contributed by atoms with Gasteiger partial charge in [0, 0.05) is 29.9 Å². The maximum absolute atomic E-state index is 12.8. The van der Waals surface area contributed by atoms with E-state index in [9.17, 15) is 14.4 Å². The molecule has 0 saturated carbocycles. The van der Waals surface area contributed by atoms with Crippen LogP contribution in [0.3, 0.4) is 0 Å². The number of H-pyrrole nitrogens is 1. The van der Waals surface area contributed by atoms with Gasteiger partial charge in [-0.25, -0.2) is 4.79 Å². The van der Waals surface area contributed by atoms with E-state index in [-0.39, 0.29) is 25.9 Å². The smallest absolute Gasteiger partial charge is 0.329 e. The van der Waals surface area contributed by atoms with Crippen molar-refractivity contribution in [3.8, 4) is 0 Å². The summed E-state index contributed by atoms with van der Waals surface area (Å²) in [5.74, 6) is -2.20. The first-order chi connectivity index (χ1) is 14.9. The lowest BCUT2D eigenvalue weighted by Gasteiger charge is -2.18. The first-order valence-electron chi connectivity index (χ1n) is 9.97. The van der Waals surface area contributed by atoms with Crippen molar-refractivity contribution in [3.05, 3.63) is 71.9 Å². The summed E-state index contributed by atoms with van der Waals surface area (Å²) in [5.41, 5.74) is 8.08. The first-order valence-corrected chi connectivity index (χ1v) is 9.97. The van der Waals surface area contributed by atoms with Crippen LogP contribution in [0.25, 0.3) is 10.9 Å². The number of nitrogens with one attached hydrogen (secondary N) is 2. The molecule has 0 bridgehead atoms. The van der Waals surface area contributed by atoms with Gasteiger partial charge in [0.15, 0.2) is 0 Å². The third-order valence-corrected chi connectivity index (χ3v) is 4.94. The van der Waals surface area contributed by atoms with Crippen LogP contribution in [0, 0.1) is 0 Å². The van der Waals surface area contributed by atoms with Crippen LogP contribution >= 0.6 is 0 Å². The van der Waals surface area contributed by atoms with Crippen LogP contribution in [0.1, 0.15) is 24.0 Å². The SMILES string of the molecule is N[C@H](CCC(=O)N[C@H](Cc1c[nH]c2ccccc12)C(=O)OCc1ccccc1)C(=O)O. The summed E-state index contributed by atoms with van der Waals surface area (Å²) in [6, 6.07) is 14.8. The molecule has 2 aromatic carbocycles. The highest BCUT2D eigenvalue weighted by molar-refractivity contribution is 5.87. The second kappa shape index (κ2) is 10.4. The molecule has 0 aliphatic heterocycles. The van der Waals surface area contributed by atoms with Crippen LogP contribution in [0.2, 0.25) is 0 Å². The molecule has 0 saturated heterocycles. The highest BCUT2D eigenvalue weighted by atomic mass is 16.5. The van der Waals surface area contributed by atoms with Gasteiger partial charge in [-0.15, -0.1) is 0 Å². The number of carboxylic acids is 1. The summed E-state index contributed by atoms with van der Waals surface area (Å²) >= 11 is 0. The fraction of sp³-hybridized carbons (Fsp3) is 0.261. The number of para-hydroxylation sites is 1. The normalized spacial score (nSPS) is 12.8. The Labute approximate surface area is 179 Å². The number of aromatic amines is 1. The van der Waals surface area contributed by atoms with Crippen molar-refractivity contribution in [1.82, 2.24) is 10.3 Å². The highest BCUT2D eigenvalue weighted by Crippen LogP contribution is 2.19. The largest absolute Gasteiger partial charge is 0.480 e. The van der Waals surface area contributed by atoms with Crippen molar-refractivity contribution in [1.29, 1.82) is 0 Å². The second-order valence-corrected chi connectivity index (χ2v) is 7.26. The predicted molar refractivity (Wildman–Crippen MR) is 115 cm³/mol. The lowest BCUT2D eigenvalue weighted by atomic mass is 10.0. The number of carboxylic acid groups (broad SMARTS) is 1. The number of benzene rings is 2. The fourth-order valence-corrected chi connectivity index (χ4v) is 3.22. The molecule has 8 nitrogen and oxygen atoms in total. The lowest BCUT2D eigenvalue weighted by molar-refractivity contribution is -0.149. The average Bonchev–Trinajstić information content (AvgIpc) is 3.19. The molecule has 1 heterocycles. The molecule has 8 heteroatoms. The minimum Gasteiger partial charge on any atom is -0.480 e. The second-order valence-electron chi connectivity index (χ2n) is 7.26. The minimum atomic E-state index is -1.18. The fourth-order valence-electron chi connectivity index (χ4n) is 3.22. The van der Waals surface area contributed by atoms with Crippen molar-refractivity contribution in [2.75, 3.05) is 0 Å². The first kappa shape index (κ1) is 22.0. The number of ether oxygens (including phenoxy) is 1. The summed E-state index contributed by atoms with van der Waals surface area (Å²) in [6.45, 7) is 0.0871. The molecule has 2 atom stereocenters. The van der Waals surface area contributed by atoms with Crippen LogP contribution < -0.4 is 11.1 Å². The number of hydrogen-bond donors (Lipinski definition) is 4. The van der Waals surface area contributed by atoms with E-state index in [0.717, 1.165) is 22.0 Å². The van der Waals surface area contributed by atoms with E-state index in [0.29, 0.717) is 0 Å². The number of fused-ring (bicyclic) bond motifs is 1. The molecule has 3 aromatic rings. The van der Waals surface area contributed by atoms with Crippen molar-refractivity contribution in [3.63, 3.8) is 0 Å². The third-order valence-electron chi connectivity index (χ3n) is 4.94. The number of carbonyl (C=O) groups is 3. The van der Waals surface area contributed by atoms with Gasteiger partial charge < -0.3 is 25.9 Å². The van der Waals surface area contributed by atoms with E-state index in [4.69, 9.17) is 15.6 Å². The minimum absolute atomic E-state index is 0.0277. The molecular formula is C23H25N3O5. The lowest BCUT2D eigenvalue weighted by Crippen LogP contribution is -2.44. The molecule has 0 fully saturated rings. The number of aromatic nitrogens is 1. The maximum atomic E-state index is 12.8. The van der Waals surface area contributed by atoms with Gasteiger partial charge in [-0.3, -0.25) is 9.59 Å². The maximum Gasteiger partial charge on any atom is 0.329 e. The Kier molecular flexibility index (Phi) is 7.40. The molecule has 0 spiro atoms. The topological polar surface area (TPSA) is 135 Å². The number of esters is 1. The number of nitrogens with two attached hydrogens (primary N) is 1. The molecule has 1 amide bonds. The van der Waals surface area contributed by atoms with Gasteiger partial charge in [-0.2, -0.15) is 0 Å². The van der Waals surface area contributed by atoms with Gasteiger partial charge in [0.1, 0.15) is 18.7 Å². The average molecular weight is 423 g/mol. The van der Waals surface area contributed by atoms with Crippen LogP contribution in [0.5, 0.6) is 0 Å². The number of aliphatic carboxylic acids is 1. The zero-order chi connectivity index (χ0) is 22.2. The summed E-state index contributed by atoms with van der Waals surface area (Å²) < 4.78 is 5.43. The van der Waals surface area contributed by atoms with E-state index in [1.807, 2.05) is 54.6 Å². The number of amides is 1.